The number of aromatic nitrogens is 6. The zero-order chi connectivity index (χ0) is 17.2. The molecule has 0 spiro atoms. The summed E-state index contributed by atoms with van der Waals surface area (Å²) in [6, 6.07) is 9.85. The standard InChI is InChI=1S/C18H18N6O/c1-2-3-7-10-23-12-19-17-15(18(23)25)21-22-16-14(11-20-24(16)17)13-8-5-4-6-9-13/h4-6,8-9,11-12H,2-3,7,10H2,1H3. The highest BCUT2D eigenvalue weighted by molar-refractivity contribution is 5.80. The fraction of sp³-hybridized carbons (Fsp3) is 0.278. The first-order chi connectivity index (χ1) is 12.3. The SMILES string of the molecule is CCCCCn1cnc2c(nnc3c(-c4ccccc4)cnn32)c1=O. The average Bonchev–Trinajstić information content (AvgIpc) is 3.09. The van der Waals surface area contributed by atoms with Crippen molar-refractivity contribution in [2.75, 3.05) is 0 Å². The number of hydrogen-bond acceptors (Lipinski definition) is 5. The molecule has 25 heavy (non-hydrogen) atoms. The Kier molecular flexibility index (Phi) is 3.97. The molecule has 126 valence electrons. The molecule has 0 atom stereocenters. The molecule has 1 aromatic carbocycles. The molecule has 0 aliphatic carbocycles. The molecule has 0 bridgehead atoms. The first-order valence-electron chi connectivity index (χ1n) is 8.44. The van der Waals surface area contributed by atoms with Crippen LogP contribution >= 0.6 is 0 Å². The quantitative estimate of drug-likeness (QED) is 0.524. The lowest BCUT2D eigenvalue weighted by molar-refractivity contribution is 0.582. The maximum absolute atomic E-state index is 12.6. The number of unbranched alkanes of at least 4 members (excludes halogenated alkanes) is 2. The lowest BCUT2D eigenvalue weighted by Crippen LogP contribution is -2.23. The molecule has 7 heteroatoms. The van der Waals surface area contributed by atoms with Gasteiger partial charge in [0.1, 0.15) is 6.33 Å². The van der Waals surface area contributed by atoms with Crippen LogP contribution in [0.15, 0.2) is 47.7 Å². The van der Waals surface area contributed by atoms with Gasteiger partial charge in [-0.1, -0.05) is 50.1 Å². The van der Waals surface area contributed by atoms with Gasteiger partial charge in [-0.3, -0.25) is 9.36 Å². The van der Waals surface area contributed by atoms with Crippen LogP contribution < -0.4 is 5.56 Å². The van der Waals surface area contributed by atoms with E-state index in [0.717, 1.165) is 30.4 Å². The minimum Gasteiger partial charge on any atom is -0.297 e. The third-order valence-corrected chi connectivity index (χ3v) is 4.27. The molecule has 3 aromatic heterocycles. The maximum Gasteiger partial charge on any atom is 0.283 e. The number of fused-ring (bicyclic) bond motifs is 3. The molecular formula is C18H18N6O. The van der Waals surface area contributed by atoms with E-state index in [0.29, 0.717) is 17.8 Å². The Balaban J connectivity index is 1.84. The second kappa shape index (κ2) is 6.43. The van der Waals surface area contributed by atoms with Gasteiger partial charge in [0.15, 0.2) is 16.8 Å². The van der Waals surface area contributed by atoms with Crippen LogP contribution in [-0.2, 0) is 6.54 Å². The second-order valence-electron chi connectivity index (χ2n) is 5.98. The summed E-state index contributed by atoms with van der Waals surface area (Å²) in [6.07, 6.45) is 6.43. The highest BCUT2D eigenvalue weighted by Gasteiger charge is 2.14. The molecule has 3 heterocycles. The van der Waals surface area contributed by atoms with Gasteiger partial charge < -0.3 is 0 Å². The minimum absolute atomic E-state index is 0.174. The van der Waals surface area contributed by atoms with E-state index in [1.54, 1.807) is 21.6 Å². The number of nitrogens with zero attached hydrogens (tertiary/aromatic N) is 6. The van der Waals surface area contributed by atoms with E-state index in [9.17, 15) is 4.79 Å². The van der Waals surface area contributed by atoms with E-state index in [1.807, 2.05) is 30.3 Å². The first-order valence-corrected chi connectivity index (χ1v) is 8.44. The summed E-state index contributed by atoms with van der Waals surface area (Å²) in [6.45, 7) is 2.77. The largest absolute Gasteiger partial charge is 0.297 e. The summed E-state index contributed by atoms with van der Waals surface area (Å²) in [4.78, 5) is 17.0. The van der Waals surface area contributed by atoms with Crippen molar-refractivity contribution in [3.05, 3.63) is 53.2 Å². The number of aryl methyl sites for hydroxylation is 1. The van der Waals surface area contributed by atoms with Crippen LogP contribution in [0.3, 0.4) is 0 Å². The van der Waals surface area contributed by atoms with E-state index in [1.165, 1.54) is 0 Å². The van der Waals surface area contributed by atoms with E-state index < -0.39 is 0 Å². The Morgan fingerprint density at radius 3 is 2.68 bits per heavy atom. The van der Waals surface area contributed by atoms with Crippen LogP contribution in [0.25, 0.3) is 27.9 Å². The highest BCUT2D eigenvalue weighted by atomic mass is 16.1. The van der Waals surface area contributed by atoms with Crippen LogP contribution in [-0.4, -0.2) is 29.4 Å². The van der Waals surface area contributed by atoms with Crippen molar-refractivity contribution in [1.29, 1.82) is 0 Å². The Hall–Kier alpha value is -3.09. The molecule has 0 aliphatic rings. The third kappa shape index (κ3) is 2.67. The van der Waals surface area contributed by atoms with Gasteiger partial charge in [-0.2, -0.15) is 9.61 Å². The molecule has 0 saturated carbocycles. The van der Waals surface area contributed by atoms with Gasteiger partial charge >= 0.3 is 0 Å². The van der Waals surface area contributed by atoms with Crippen LogP contribution in [0.2, 0.25) is 0 Å². The smallest absolute Gasteiger partial charge is 0.283 e. The Bertz CT molecular complexity index is 1080. The molecule has 0 unspecified atom stereocenters. The third-order valence-electron chi connectivity index (χ3n) is 4.27. The van der Waals surface area contributed by atoms with Gasteiger partial charge in [-0.15, -0.1) is 10.2 Å². The van der Waals surface area contributed by atoms with Gasteiger partial charge in [0.05, 0.1) is 6.20 Å². The lowest BCUT2D eigenvalue weighted by atomic mass is 10.1. The van der Waals surface area contributed by atoms with Crippen LogP contribution in [0.1, 0.15) is 26.2 Å². The van der Waals surface area contributed by atoms with E-state index in [4.69, 9.17) is 0 Å². The fourth-order valence-corrected chi connectivity index (χ4v) is 2.92. The molecule has 7 nitrogen and oxygen atoms in total. The summed E-state index contributed by atoms with van der Waals surface area (Å²) in [5.41, 5.74) is 2.96. The van der Waals surface area contributed by atoms with Crippen LogP contribution in [0, 0.1) is 0 Å². The van der Waals surface area contributed by atoms with Crippen molar-refractivity contribution >= 4 is 16.8 Å². The van der Waals surface area contributed by atoms with Gasteiger partial charge in [-0.05, 0) is 12.0 Å². The number of hydrogen-bond donors (Lipinski definition) is 0. The van der Waals surface area contributed by atoms with Gasteiger partial charge in [0, 0.05) is 12.1 Å². The zero-order valence-corrected chi connectivity index (χ0v) is 14.0. The normalized spacial score (nSPS) is 11.4. The fourth-order valence-electron chi connectivity index (χ4n) is 2.92. The number of rotatable bonds is 5. The summed E-state index contributed by atoms with van der Waals surface area (Å²) in [7, 11) is 0. The van der Waals surface area contributed by atoms with Crippen molar-refractivity contribution in [3.63, 3.8) is 0 Å². The van der Waals surface area contributed by atoms with Crippen LogP contribution in [0.5, 0.6) is 0 Å². The van der Waals surface area contributed by atoms with Gasteiger partial charge in [0.25, 0.3) is 5.56 Å². The van der Waals surface area contributed by atoms with Crippen LogP contribution in [0.4, 0.5) is 0 Å². The van der Waals surface area contributed by atoms with Crippen molar-refractivity contribution in [2.45, 2.75) is 32.7 Å². The second-order valence-corrected chi connectivity index (χ2v) is 5.98. The molecule has 0 radical (unpaired) electrons. The molecular weight excluding hydrogens is 316 g/mol. The summed E-state index contributed by atoms with van der Waals surface area (Å²) in [5.74, 6) is 0. The van der Waals surface area contributed by atoms with E-state index >= 15 is 0 Å². The molecule has 0 saturated heterocycles. The first kappa shape index (κ1) is 15.4. The Labute approximate surface area is 144 Å². The molecule has 4 aromatic rings. The van der Waals surface area contributed by atoms with Crippen molar-refractivity contribution in [2.24, 2.45) is 0 Å². The Morgan fingerprint density at radius 1 is 1.04 bits per heavy atom. The lowest BCUT2D eigenvalue weighted by Gasteiger charge is -2.06. The zero-order valence-electron chi connectivity index (χ0n) is 14.0. The van der Waals surface area contributed by atoms with E-state index in [-0.39, 0.29) is 11.1 Å². The minimum atomic E-state index is -0.174. The summed E-state index contributed by atoms with van der Waals surface area (Å²) < 4.78 is 3.18. The predicted octanol–water partition coefficient (Wildman–Crippen LogP) is 2.69. The van der Waals surface area contributed by atoms with Crippen molar-refractivity contribution in [3.8, 4) is 11.1 Å². The van der Waals surface area contributed by atoms with Gasteiger partial charge in [-0.25, -0.2) is 4.98 Å². The average molecular weight is 334 g/mol. The molecule has 0 aliphatic heterocycles. The molecule has 0 fully saturated rings. The molecule has 0 amide bonds. The van der Waals surface area contributed by atoms with Crippen molar-refractivity contribution in [1.82, 2.24) is 29.4 Å². The summed E-state index contributed by atoms with van der Waals surface area (Å²) >= 11 is 0. The summed E-state index contributed by atoms with van der Waals surface area (Å²) in [5, 5.41) is 12.8. The monoisotopic (exact) mass is 334 g/mol. The van der Waals surface area contributed by atoms with E-state index in [2.05, 4.69) is 27.2 Å². The molecule has 4 rings (SSSR count). The van der Waals surface area contributed by atoms with Crippen molar-refractivity contribution < 1.29 is 0 Å². The number of benzene rings is 1. The maximum atomic E-state index is 12.6. The Morgan fingerprint density at radius 2 is 1.88 bits per heavy atom. The van der Waals surface area contributed by atoms with Gasteiger partial charge in [0.2, 0.25) is 0 Å². The molecule has 0 N–H and O–H groups in total. The topological polar surface area (TPSA) is 78.0 Å². The predicted molar refractivity (Wildman–Crippen MR) is 95.3 cm³/mol. The highest BCUT2D eigenvalue weighted by Crippen LogP contribution is 2.23.